The van der Waals surface area contributed by atoms with Crippen LogP contribution in [0.1, 0.15) is 29.9 Å². The van der Waals surface area contributed by atoms with Crippen LogP contribution in [0, 0.1) is 0 Å². The van der Waals surface area contributed by atoms with Crippen molar-refractivity contribution in [2.75, 3.05) is 7.11 Å². The third-order valence-corrected chi connectivity index (χ3v) is 6.39. The van der Waals surface area contributed by atoms with E-state index >= 15 is 0 Å². The molecule has 3 aromatic rings. The molecule has 0 fully saturated rings. The van der Waals surface area contributed by atoms with Crippen molar-refractivity contribution in [2.24, 2.45) is 0 Å². The van der Waals surface area contributed by atoms with Crippen LogP contribution in [0.2, 0.25) is 0 Å². The van der Waals surface area contributed by atoms with Crippen molar-refractivity contribution < 1.29 is 9.53 Å². The smallest absolute Gasteiger partial charge is 0.348 e. The largest absolute Gasteiger partial charge is 0.465 e. The molecule has 23 heavy (non-hydrogen) atoms. The summed E-state index contributed by atoms with van der Waals surface area (Å²) in [5, 5.41) is 4.03. The van der Waals surface area contributed by atoms with E-state index in [4.69, 9.17) is 4.74 Å². The number of hydrogen-bond acceptors (Lipinski definition) is 5. The van der Waals surface area contributed by atoms with Gasteiger partial charge in [0, 0.05) is 25.8 Å². The molecule has 0 spiro atoms. The van der Waals surface area contributed by atoms with Crippen molar-refractivity contribution in [2.45, 2.75) is 0 Å². The summed E-state index contributed by atoms with van der Waals surface area (Å²) in [5.41, 5.74) is 2.75. The van der Waals surface area contributed by atoms with E-state index in [0.717, 1.165) is 31.3 Å². The minimum absolute atomic E-state index is 0.333. The Morgan fingerprint density at radius 3 is 2.13 bits per heavy atom. The van der Waals surface area contributed by atoms with Gasteiger partial charge < -0.3 is 4.74 Å². The van der Waals surface area contributed by atoms with E-state index in [2.05, 4.69) is 13.2 Å². The van der Waals surface area contributed by atoms with Gasteiger partial charge >= 0.3 is 5.97 Å². The highest BCUT2D eigenvalue weighted by molar-refractivity contribution is 7.16. The fourth-order valence-electron chi connectivity index (χ4n) is 2.19. The van der Waals surface area contributed by atoms with Crippen LogP contribution in [0.5, 0.6) is 0 Å². The molecule has 3 heterocycles. The van der Waals surface area contributed by atoms with E-state index in [0.29, 0.717) is 4.88 Å². The van der Waals surface area contributed by atoms with Crippen molar-refractivity contribution in [1.29, 1.82) is 0 Å². The predicted octanol–water partition coefficient (Wildman–Crippen LogP) is 5.78. The summed E-state index contributed by atoms with van der Waals surface area (Å²) in [5.74, 6) is -0.333. The SMILES string of the molecule is C=C(c1cccs1)c1cc(C(=O)OC)sc1C(=C)c1cccs1. The van der Waals surface area contributed by atoms with Gasteiger partial charge in [0.05, 0.1) is 7.11 Å². The summed E-state index contributed by atoms with van der Waals surface area (Å²) < 4.78 is 4.86. The van der Waals surface area contributed by atoms with Crippen LogP contribution in [0.3, 0.4) is 0 Å². The Morgan fingerprint density at radius 1 is 1.00 bits per heavy atom. The van der Waals surface area contributed by atoms with Gasteiger partial charge in [0.15, 0.2) is 0 Å². The zero-order valence-corrected chi connectivity index (χ0v) is 14.9. The van der Waals surface area contributed by atoms with Gasteiger partial charge in [-0.25, -0.2) is 4.79 Å². The summed E-state index contributed by atoms with van der Waals surface area (Å²) in [7, 11) is 1.39. The van der Waals surface area contributed by atoms with E-state index in [-0.39, 0.29) is 5.97 Å². The lowest BCUT2D eigenvalue weighted by atomic mass is 10.0. The van der Waals surface area contributed by atoms with E-state index < -0.39 is 0 Å². The lowest BCUT2D eigenvalue weighted by molar-refractivity contribution is 0.0606. The third kappa shape index (κ3) is 3.08. The second-order valence-electron chi connectivity index (χ2n) is 4.76. The molecule has 5 heteroatoms. The summed E-state index contributed by atoms with van der Waals surface area (Å²) in [4.78, 5) is 15.6. The molecule has 0 aromatic carbocycles. The number of carbonyl (C=O) groups is 1. The van der Waals surface area contributed by atoms with Crippen LogP contribution in [0.25, 0.3) is 11.1 Å². The lowest BCUT2D eigenvalue weighted by Gasteiger charge is -2.07. The molecule has 0 radical (unpaired) electrons. The highest BCUT2D eigenvalue weighted by Gasteiger charge is 2.20. The van der Waals surface area contributed by atoms with Gasteiger partial charge in [0.1, 0.15) is 4.88 Å². The Morgan fingerprint density at radius 2 is 1.61 bits per heavy atom. The van der Waals surface area contributed by atoms with Crippen LogP contribution in [-0.4, -0.2) is 13.1 Å². The van der Waals surface area contributed by atoms with E-state index in [1.165, 1.54) is 18.4 Å². The third-order valence-electron chi connectivity index (χ3n) is 3.36. The fraction of sp³-hybridized carbons (Fsp3) is 0.0556. The van der Waals surface area contributed by atoms with Gasteiger partial charge in [0.25, 0.3) is 0 Å². The summed E-state index contributed by atoms with van der Waals surface area (Å²) in [6, 6.07) is 9.90. The Kier molecular flexibility index (Phi) is 4.61. The molecule has 3 rings (SSSR count). The van der Waals surface area contributed by atoms with E-state index in [1.807, 2.05) is 41.1 Å². The molecule has 2 nitrogen and oxygen atoms in total. The van der Waals surface area contributed by atoms with Crippen molar-refractivity contribution in [3.05, 3.63) is 79.3 Å². The predicted molar refractivity (Wildman–Crippen MR) is 101 cm³/mol. The second kappa shape index (κ2) is 6.66. The molecular weight excluding hydrogens is 344 g/mol. The monoisotopic (exact) mass is 358 g/mol. The van der Waals surface area contributed by atoms with Gasteiger partial charge in [-0.05, 0) is 34.5 Å². The summed E-state index contributed by atoms with van der Waals surface area (Å²) >= 11 is 4.66. The molecule has 116 valence electrons. The second-order valence-corrected chi connectivity index (χ2v) is 7.70. The number of carbonyl (C=O) groups excluding carboxylic acids is 1. The van der Waals surface area contributed by atoms with Crippen LogP contribution in [0.15, 0.2) is 54.2 Å². The van der Waals surface area contributed by atoms with Crippen molar-refractivity contribution in [3.8, 4) is 0 Å². The Bertz CT molecular complexity index is 789. The van der Waals surface area contributed by atoms with Gasteiger partial charge in [-0.1, -0.05) is 25.3 Å². The van der Waals surface area contributed by atoms with E-state index in [1.54, 1.807) is 22.7 Å². The molecule has 0 atom stereocenters. The molecule has 0 aliphatic carbocycles. The minimum Gasteiger partial charge on any atom is -0.465 e. The van der Waals surface area contributed by atoms with Crippen LogP contribution in [-0.2, 0) is 4.74 Å². The number of esters is 1. The van der Waals surface area contributed by atoms with Gasteiger partial charge in [0.2, 0.25) is 0 Å². The van der Waals surface area contributed by atoms with Crippen molar-refractivity contribution >= 4 is 51.1 Å². The number of ether oxygens (including phenoxy) is 1. The molecule has 0 aliphatic heterocycles. The highest BCUT2D eigenvalue weighted by Crippen LogP contribution is 2.39. The van der Waals surface area contributed by atoms with Crippen LogP contribution in [0.4, 0.5) is 0 Å². The molecule has 0 bridgehead atoms. The lowest BCUT2D eigenvalue weighted by Crippen LogP contribution is -1.97. The Hall–Kier alpha value is -1.95. The molecule has 3 aromatic heterocycles. The number of thiophene rings is 3. The number of rotatable bonds is 5. The first-order chi connectivity index (χ1) is 11.1. The van der Waals surface area contributed by atoms with Gasteiger partial charge in [-0.3, -0.25) is 0 Å². The molecule has 0 N–H and O–H groups in total. The first kappa shape index (κ1) is 15.9. The minimum atomic E-state index is -0.333. The van der Waals surface area contributed by atoms with Gasteiger partial charge in [-0.15, -0.1) is 34.0 Å². The maximum Gasteiger partial charge on any atom is 0.348 e. The summed E-state index contributed by atoms with van der Waals surface area (Å²) in [6.07, 6.45) is 0. The average molecular weight is 359 g/mol. The van der Waals surface area contributed by atoms with Crippen molar-refractivity contribution in [3.63, 3.8) is 0 Å². The number of hydrogen-bond donors (Lipinski definition) is 0. The van der Waals surface area contributed by atoms with Gasteiger partial charge in [-0.2, -0.15) is 0 Å². The molecular formula is C18H14O2S3. The molecule has 0 amide bonds. The Balaban J connectivity index is 2.09. The molecule has 0 saturated heterocycles. The zero-order valence-electron chi connectivity index (χ0n) is 12.5. The average Bonchev–Trinajstić information content (AvgIpc) is 3.33. The summed E-state index contributed by atoms with van der Waals surface area (Å²) in [6.45, 7) is 8.44. The topological polar surface area (TPSA) is 26.3 Å². The molecule has 0 saturated carbocycles. The van der Waals surface area contributed by atoms with E-state index in [9.17, 15) is 4.79 Å². The first-order valence-electron chi connectivity index (χ1n) is 6.80. The fourth-order valence-corrected chi connectivity index (χ4v) is 4.76. The quantitative estimate of drug-likeness (QED) is 0.540. The van der Waals surface area contributed by atoms with Crippen LogP contribution < -0.4 is 0 Å². The molecule has 0 unspecified atom stereocenters. The van der Waals surface area contributed by atoms with Crippen molar-refractivity contribution in [1.82, 2.24) is 0 Å². The maximum atomic E-state index is 11.9. The first-order valence-corrected chi connectivity index (χ1v) is 9.38. The standard InChI is InChI=1S/C18H14O2S3/c1-11(14-6-4-8-21-14)13-10-16(18(19)20-3)23-17(13)12(2)15-7-5-9-22-15/h4-10H,1-2H2,3H3. The normalized spacial score (nSPS) is 10.5. The number of methoxy groups -OCH3 is 1. The molecule has 0 aliphatic rings. The zero-order chi connectivity index (χ0) is 16.4. The van der Waals surface area contributed by atoms with Crippen LogP contribution >= 0.6 is 34.0 Å². The maximum absolute atomic E-state index is 11.9. The highest BCUT2D eigenvalue weighted by atomic mass is 32.1. The Labute approximate surface area is 147 Å².